The molecule has 17 heavy (non-hydrogen) atoms. The van der Waals surface area contributed by atoms with Crippen LogP contribution in [0.2, 0.25) is 0 Å². The van der Waals surface area contributed by atoms with Gasteiger partial charge in [0.05, 0.1) is 6.04 Å². The van der Waals surface area contributed by atoms with Crippen molar-refractivity contribution in [2.24, 2.45) is 10.7 Å². The highest BCUT2D eigenvalue weighted by Crippen LogP contribution is 2.35. The fourth-order valence-electron chi connectivity index (χ4n) is 2.49. The molecule has 2 atom stereocenters. The fourth-order valence-corrected chi connectivity index (χ4v) is 2.49. The highest BCUT2D eigenvalue weighted by molar-refractivity contribution is 5.99. The Morgan fingerprint density at radius 3 is 2.76 bits per heavy atom. The van der Waals surface area contributed by atoms with Gasteiger partial charge in [0.25, 0.3) is 0 Å². The number of guanidine groups is 1. The first kappa shape index (κ1) is 10.1. The van der Waals surface area contributed by atoms with E-state index in [1.54, 1.807) is 0 Å². The van der Waals surface area contributed by atoms with Crippen molar-refractivity contribution in [3.05, 3.63) is 54.6 Å². The number of nitrogens with zero attached hydrogens (tertiary/aromatic N) is 2. The lowest BCUT2D eigenvalue weighted by molar-refractivity contribution is 0.549. The lowest BCUT2D eigenvalue weighted by Crippen LogP contribution is -2.46. The van der Waals surface area contributed by atoms with Crippen LogP contribution < -0.4 is 10.6 Å². The molecule has 0 amide bonds. The molecule has 3 heteroatoms. The molecule has 0 aromatic heterocycles. The quantitative estimate of drug-likeness (QED) is 0.795. The van der Waals surface area contributed by atoms with Crippen molar-refractivity contribution in [3.8, 4) is 0 Å². The average Bonchev–Trinajstić information content (AvgIpc) is 2.60. The number of rotatable bonds is 1. The van der Waals surface area contributed by atoms with Crippen LogP contribution in [-0.2, 0) is 0 Å². The minimum atomic E-state index is -0.241. The van der Waals surface area contributed by atoms with Gasteiger partial charge in [-0.05, 0) is 19.1 Å². The summed E-state index contributed by atoms with van der Waals surface area (Å²) in [4.78, 5) is 6.67. The summed E-state index contributed by atoms with van der Waals surface area (Å²) in [5.41, 5.74) is 6.91. The average molecular weight is 225 g/mol. The normalized spacial score (nSPS) is 30.3. The Bertz CT molecular complexity index is 516. The summed E-state index contributed by atoms with van der Waals surface area (Å²) in [5, 5.41) is 0. The molecule has 2 unspecified atom stereocenters. The molecule has 1 heterocycles. The molecule has 3 rings (SSSR count). The van der Waals surface area contributed by atoms with E-state index in [-0.39, 0.29) is 11.6 Å². The molecule has 2 aliphatic rings. The fraction of sp³-hybridized carbons (Fsp3) is 0.214. The third-order valence-electron chi connectivity index (χ3n) is 3.35. The maximum atomic E-state index is 6.06. The molecule has 0 saturated carbocycles. The van der Waals surface area contributed by atoms with Crippen molar-refractivity contribution in [3.63, 3.8) is 0 Å². The van der Waals surface area contributed by atoms with Crippen LogP contribution in [-0.4, -0.2) is 17.5 Å². The third-order valence-corrected chi connectivity index (χ3v) is 3.35. The first-order chi connectivity index (χ1) is 8.21. The second-order valence-corrected chi connectivity index (χ2v) is 4.59. The number of aliphatic imine (C=N–C) groups is 1. The Hall–Kier alpha value is -2.03. The second-order valence-electron chi connectivity index (χ2n) is 4.59. The molecule has 1 aromatic rings. The smallest absolute Gasteiger partial charge is 0.197 e. The number of anilines is 1. The van der Waals surface area contributed by atoms with E-state index in [4.69, 9.17) is 5.73 Å². The summed E-state index contributed by atoms with van der Waals surface area (Å²) in [7, 11) is 0. The Kier molecular flexibility index (Phi) is 2.08. The number of nitrogens with two attached hydrogens (primary N) is 1. The van der Waals surface area contributed by atoms with Crippen LogP contribution in [0.15, 0.2) is 59.6 Å². The molecule has 0 spiro atoms. The van der Waals surface area contributed by atoms with Crippen LogP contribution in [0.5, 0.6) is 0 Å². The van der Waals surface area contributed by atoms with Crippen LogP contribution in [0.1, 0.15) is 6.92 Å². The van der Waals surface area contributed by atoms with E-state index < -0.39 is 0 Å². The number of allylic oxidation sites excluding steroid dienone is 2. The molecular weight excluding hydrogens is 210 g/mol. The SMILES string of the molecule is CC12C=CC=CC1N(c1ccccc1)C(N)=N2. The topological polar surface area (TPSA) is 41.6 Å². The molecule has 1 aliphatic heterocycles. The zero-order valence-corrected chi connectivity index (χ0v) is 9.75. The number of para-hydroxylation sites is 1. The summed E-state index contributed by atoms with van der Waals surface area (Å²) in [6.07, 6.45) is 8.34. The minimum absolute atomic E-state index is 0.176. The van der Waals surface area contributed by atoms with Crippen molar-refractivity contribution < 1.29 is 0 Å². The zero-order valence-electron chi connectivity index (χ0n) is 9.75. The van der Waals surface area contributed by atoms with Gasteiger partial charge in [0.1, 0.15) is 5.54 Å². The number of hydrogen-bond donors (Lipinski definition) is 1. The molecule has 86 valence electrons. The van der Waals surface area contributed by atoms with Gasteiger partial charge < -0.3 is 10.6 Å². The van der Waals surface area contributed by atoms with E-state index in [1.807, 2.05) is 24.3 Å². The monoisotopic (exact) mass is 225 g/mol. The van der Waals surface area contributed by atoms with E-state index in [1.165, 1.54) is 0 Å². The number of fused-ring (bicyclic) bond motifs is 1. The molecule has 1 aliphatic carbocycles. The zero-order chi connectivity index (χ0) is 11.9. The van der Waals surface area contributed by atoms with Gasteiger partial charge >= 0.3 is 0 Å². The molecular formula is C14H15N3. The summed E-state index contributed by atoms with van der Waals surface area (Å²) >= 11 is 0. The maximum Gasteiger partial charge on any atom is 0.197 e. The van der Waals surface area contributed by atoms with Gasteiger partial charge in [-0.2, -0.15) is 0 Å². The molecule has 0 bridgehead atoms. The van der Waals surface area contributed by atoms with Crippen LogP contribution >= 0.6 is 0 Å². The van der Waals surface area contributed by atoms with E-state index in [2.05, 4.69) is 47.2 Å². The molecule has 0 radical (unpaired) electrons. The van der Waals surface area contributed by atoms with Gasteiger partial charge in [0.2, 0.25) is 0 Å². The van der Waals surface area contributed by atoms with Crippen molar-refractivity contribution in [1.82, 2.24) is 0 Å². The van der Waals surface area contributed by atoms with E-state index in [9.17, 15) is 0 Å². The highest BCUT2D eigenvalue weighted by atomic mass is 15.4. The van der Waals surface area contributed by atoms with Crippen molar-refractivity contribution in [1.29, 1.82) is 0 Å². The predicted molar refractivity (Wildman–Crippen MR) is 71.0 cm³/mol. The van der Waals surface area contributed by atoms with Crippen molar-refractivity contribution >= 4 is 11.6 Å². The standard InChI is InChI=1S/C14H15N3/c1-14-10-6-5-9-12(14)17(13(15)16-14)11-7-3-2-4-8-11/h2-10,12H,1H3,(H2,15,16). The van der Waals surface area contributed by atoms with Gasteiger partial charge in [-0.15, -0.1) is 0 Å². The number of hydrogen-bond acceptors (Lipinski definition) is 3. The Morgan fingerprint density at radius 1 is 1.24 bits per heavy atom. The minimum Gasteiger partial charge on any atom is -0.369 e. The first-order valence-electron chi connectivity index (χ1n) is 5.76. The van der Waals surface area contributed by atoms with Crippen LogP contribution in [0.25, 0.3) is 0 Å². The molecule has 3 nitrogen and oxygen atoms in total. The number of benzene rings is 1. The molecule has 1 aromatic carbocycles. The summed E-state index contributed by atoms with van der Waals surface area (Å²) in [5.74, 6) is 0.583. The Labute approximate surface area is 101 Å². The van der Waals surface area contributed by atoms with Crippen LogP contribution in [0.3, 0.4) is 0 Å². The second kappa shape index (κ2) is 3.48. The van der Waals surface area contributed by atoms with E-state index in [0.717, 1.165) is 5.69 Å². The molecule has 2 N–H and O–H groups in total. The van der Waals surface area contributed by atoms with E-state index >= 15 is 0 Å². The van der Waals surface area contributed by atoms with Gasteiger partial charge in [0, 0.05) is 5.69 Å². The molecule has 0 fully saturated rings. The van der Waals surface area contributed by atoms with Crippen LogP contribution in [0.4, 0.5) is 5.69 Å². The lowest BCUT2D eigenvalue weighted by atomic mass is 9.89. The van der Waals surface area contributed by atoms with Gasteiger partial charge in [-0.1, -0.05) is 42.5 Å². The Balaban J connectivity index is 2.06. The Morgan fingerprint density at radius 2 is 2.00 bits per heavy atom. The highest BCUT2D eigenvalue weighted by Gasteiger charge is 2.42. The largest absolute Gasteiger partial charge is 0.369 e. The third kappa shape index (κ3) is 1.46. The summed E-state index contributed by atoms with van der Waals surface area (Å²) in [6.45, 7) is 2.10. The van der Waals surface area contributed by atoms with Gasteiger partial charge in [-0.3, -0.25) is 0 Å². The van der Waals surface area contributed by atoms with Crippen molar-refractivity contribution in [2.45, 2.75) is 18.5 Å². The van der Waals surface area contributed by atoms with Crippen LogP contribution in [0, 0.1) is 0 Å². The lowest BCUT2D eigenvalue weighted by Gasteiger charge is -2.32. The van der Waals surface area contributed by atoms with Gasteiger partial charge in [0.15, 0.2) is 5.96 Å². The molecule has 0 saturated heterocycles. The van der Waals surface area contributed by atoms with Crippen molar-refractivity contribution in [2.75, 3.05) is 4.90 Å². The maximum absolute atomic E-state index is 6.06. The first-order valence-corrected chi connectivity index (χ1v) is 5.76. The van der Waals surface area contributed by atoms with E-state index in [0.29, 0.717) is 5.96 Å². The predicted octanol–water partition coefficient (Wildman–Crippen LogP) is 2.07. The summed E-state index contributed by atoms with van der Waals surface area (Å²) in [6, 6.07) is 10.3. The van der Waals surface area contributed by atoms with Gasteiger partial charge in [-0.25, -0.2) is 4.99 Å². The summed E-state index contributed by atoms with van der Waals surface area (Å²) < 4.78 is 0.